The molecule has 1 aliphatic heterocycles. The molecular weight excluding hydrogens is 392 g/mol. The van der Waals surface area contributed by atoms with Crippen molar-refractivity contribution < 1.29 is 13.2 Å². The van der Waals surface area contributed by atoms with E-state index in [9.17, 15) is 8.42 Å². The van der Waals surface area contributed by atoms with E-state index in [0.29, 0.717) is 26.2 Å². The first-order valence-corrected chi connectivity index (χ1v) is 12.1. The zero-order valence-electron chi connectivity index (χ0n) is 18.1. The van der Waals surface area contributed by atoms with E-state index in [1.807, 2.05) is 33.9 Å². The lowest BCUT2D eigenvalue weighted by Gasteiger charge is -2.36. The van der Waals surface area contributed by atoms with Gasteiger partial charge in [-0.25, -0.2) is 8.42 Å². The quantitative estimate of drug-likeness (QED) is 0.327. The molecule has 0 saturated carbocycles. The summed E-state index contributed by atoms with van der Waals surface area (Å²) >= 11 is 0. The summed E-state index contributed by atoms with van der Waals surface area (Å²) in [6, 6.07) is 0. The van der Waals surface area contributed by atoms with Crippen LogP contribution in [0, 0.1) is 6.92 Å². The lowest BCUT2D eigenvalue weighted by atomic mass is 10.1. The van der Waals surface area contributed by atoms with Gasteiger partial charge in [0.15, 0.2) is 5.96 Å². The average Bonchev–Trinajstić information content (AvgIpc) is 3.09. The Kier molecular flexibility index (Phi) is 9.38. The second-order valence-electron chi connectivity index (χ2n) is 7.48. The zero-order chi connectivity index (χ0) is 21.3. The van der Waals surface area contributed by atoms with Crippen molar-refractivity contribution in [3.8, 4) is 0 Å². The van der Waals surface area contributed by atoms with Gasteiger partial charge >= 0.3 is 0 Å². The highest BCUT2D eigenvalue weighted by Crippen LogP contribution is 2.10. The Morgan fingerprint density at radius 3 is 2.66 bits per heavy atom. The van der Waals surface area contributed by atoms with Gasteiger partial charge in [-0.15, -0.1) is 0 Å². The zero-order valence-corrected chi connectivity index (χ0v) is 19.0. The molecule has 0 bridgehead atoms. The molecule has 0 aromatic carbocycles. The predicted molar refractivity (Wildman–Crippen MR) is 116 cm³/mol. The molecule has 2 rings (SSSR count). The SMILES string of the molecule is CCNC(=NCCCc1cn[nH]c1C)N1CCN(S(=O)(=O)CCOC(C)C)CC1. The number of rotatable bonds is 10. The molecule has 2 heterocycles. The maximum atomic E-state index is 12.5. The highest BCUT2D eigenvalue weighted by atomic mass is 32.2. The molecule has 0 radical (unpaired) electrons. The number of H-pyrrole nitrogens is 1. The van der Waals surface area contributed by atoms with Gasteiger partial charge in [-0.05, 0) is 46.1 Å². The lowest BCUT2D eigenvalue weighted by molar-refractivity contribution is 0.0904. The summed E-state index contributed by atoms with van der Waals surface area (Å²) in [6.45, 7) is 11.8. The number of nitrogens with zero attached hydrogens (tertiary/aromatic N) is 4. The van der Waals surface area contributed by atoms with Gasteiger partial charge in [0, 0.05) is 45.0 Å². The summed E-state index contributed by atoms with van der Waals surface area (Å²) in [5.74, 6) is 0.892. The van der Waals surface area contributed by atoms with E-state index in [1.165, 1.54) is 5.56 Å². The Bertz CT molecular complexity index is 739. The van der Waals surface area contributed by atoms with Gasteiger partial charge in [-0.3, -0.25) is 10.1 Å². The van der Waals surface area contributed by atoms with Crippen molar-refractivity contribution in [2.75, 3.05) is 51.6 Å². The molecule has 0 atom stereocenters. The van der Waals surface area contributed by atoms with Crippen molar-refractivity contribution in [1.82, 2.24) is 24.7 Å². The summed E-state index contributed by atoms with van der Waals surface area (Å²) in [7, 11) is -3.28. The van der Waals surface area contributed by atoms with Crippen LogP contribution < -0.4 is 5.32 Å². The molecule has 166 valence electrons. The van der Waals surface area contributed by atoms with Crippen molar-refractivity contribution in [2.45, 2.75) is 46.6 Å². The van der Waals surface area contributed by atoms with E-state index in [4.69, 9.17) is 9.73 Å². The number of nitrogens with one attached hydrogen (secondary N) is 2. The van der Waals surface area contributed by atoms with Gasteiger partial charge in [-0.1, -0.05) is 0 Å². The number of ether oxygens (including phenoxy) is 1. The number of sulfonamides is 1. The number of aromatic amines is 1. The molecule has 29 heavy (non-hydrogen) atoms. The van der Waals surface area contributed by atoms with Gasteiger partial charge in [0.1, 0.15) is 0 Å². The third kappa shape index (κ3) is 7.60. The van der Waals surface area contributed by atoms with Gasteiger partial charge in [0.05, 0.1) is 24.7 Å². The molecule has 1 saturated heterocycles. The van der Waals surface area contributed by atoms with E-state index < -0.39 is 10.0 Å². The highest BCUT2D eigenvalue weighted by Gasteiger charge is 2.27. The van der Waals surface area contributed by atoms with Crippen LogP contribution in [-0.4, -0.2) is 91.5 Å². The van der Waals surface area contributed by atoms with Gasteiger partial charge in [-0.2, -0.15) is 9.40 Å². The van der Waals surface area contributed by atoms with Crippen molar-refractivity contribution in [3.63, 3.8) is 0 Å². The fourth-order valence-electron chi connectivity index (χ4n) is 3.20. The second kappa shape index (κ2) is 11.5. The van der Waals surface area contributed by atoms with Crippen molar-refractivity contribution in [1.29, 1.82) is 0 Å². The largest absolute Gasteiger partial charge is 0.378 e. The maximum absolute atomic E-state index is 12.5. The number of aromatic nitrogens is 2. The first-order valence-electron chi connectivity index (χ1n) is 10.4. The fourth-order valence-corrected chi connectivity index (χ4v) is 4.49. The molecule has 1 aliphatic rings. The molecule has 9 nitrogen and oxygen atoms in total. The van der Waals surface area contributed by atoms with Crippen LogP contribution in [0.15, 0.2) is 11.2 Å². The third-order valence-corrected chi connectivity index (χ3v) is 6.69. The molecule has 1 aromatic heterocycles. The Balaban J connectivity index is 1.82. The molecule has 1 aromatic rings. The normalized spacial score (nSPS) is 16.6. The second-order valence-corrected chi connectivity index (χ2v) is 9.57. The Morgan fingerprint density at radius 2 is 2.07 bits per heavy atom. The van der Waals surface area contributed by atoms with Crippen LogP contribution in [0.2, 0.25) is 0 Å². The average molecular weight is 429 g/mol. The van der Waals surface area contributed by atoms with E-state index >= 15 is 0 Å². The van der Waals surface area contributed by atoms with Crippen LogP contribution >= 0.6 is 0 Å². The monoisotopic (exact) mass is 428 g/mol. The molecule has 0 aliphatic carbocycles. The minimum Gasteiger partial charge on any atom is -0.378 e. The summed E-state index contributed by atoms with van der Waals surface area (Å²) in [6.07, 6.45) is 3.80. The Morgan fingerprint density at radius 1 is 1.34 bits per heavy atom. The van der Waals surface area contributed by atoms with Crippen LogP contribution in [0.5, 0.6) is 0 Å². The molecule has 1 fully saturated rings. The summed E-state index contributed by atoms with van der Waals surface area (Å²) in [5.41, 5.74) is 2.34. The number of piperazine rings is 1. The Hall–Kier alpha value is -1.65. The third-order valence-electron chi connectivity index (χ3n) is 4.86. The summed E-state index contributed by atoms with van der Waals surface area (Å²) < 4.78 is 32.0. The summed E-state index contributed by atoms with van der Waals surface area (Å²) in [5, 5.41) is 10.3. The van der Waals surface area contributed by atoms with Crippen molar-refractivity contribution >= 4 is 16.0 Å². The number of hydrogen-bond acceptors (Lipinski definition) is 5. The minimum absolute atomic E-state index is 0.0345. The van der Waals surface area contributed by atoms with E-state index in [0.717, 1.165) is 37.6 Å². The van der Waals surface area contributed by atoms with Gasteiger partial charge < -0.3 is 15.0 Å². The molecule has 0 amide bonds. The number of aryl methyl sites for hydroxylation is 2. The highest BCUT2D eigenvalue weighted by molar-refractivity contribution is 7.89. The van der Waals surface area contributed by atoms with E-state index in [2.05, 4.69) is 20.4 Å². The summed E-state index contributed by atoms with van der Waals surface area (Å²) in [4.78, 5) is 6.88. The fraction of sp³-hybridized carbons (Fsp3) is 0.789. The topological polar surface area (TPSA) is 103 Å². The number of hydrogen-bond donors (Lipinski definition) is 2. The molecule has 10 heteroatoms. The van der Waals surface area contributed by atoms with Gasteiger partial charge in [0.25, 0.3) is 0 Å². The molecule has 0 spiro atoms. The molecule has 0 unspecified atom stereocenters. The number of guanidine groups is 1. The van der Waals surface area contributed by atoms with Crippen LogP contribution in [0.1, 0.15) is 38.4 Å². The molecule has 2 N–H and O–H groups in total. The standard InChI is InChI=1S/C19H36N6O3S/c1-5-20-19(21-8-6-7-18-15-22-23-17(18)4)24-9-11-25(12-10-24)29(26,27)14-13-28-16(2)3/h15-16H,5-14H2,1-4H3,(H,20,21)(H,22,23). The smallest absolute Gasteiger partial charge is 0.216 e. The van der Waals surface area contributed by atoms with Crippen LogP contribution in [0.3, 0.4) is 0 Å². The van der Waals surface area contributed by atoms with Crippen molar-refractivity contribution in [3.05, 3.63) is 17.5 Å². The Labute approximate surface area is 175 Å². The van der Waals surface area contributed by atoms with Crippen LogP contribution in [0.25, 0.3) is 0 Å². The first-order chi connectivity index (χ1) is 13.8. The van der Waals surface area contributed by atoms with Crippen LogP contribution in [-0.2, 0) is 21.2 Å². The maximum Gasteiger partial charge on any atom is 0.216 e. The van der Waals surface area contributed by atoms with Gasteiger partial charge in [0.2, 0.25) is 10.0 Å². The number of aliphatic imine (C=N–C) groups is 1. The molecular formula is C19H36N6O3S. The first kappa shape index (κ1) is 23.6. The predicted octanol–water partition coefficient (Wildman–Crippen LogP) is 0.989. The van der Waals surface area contributed by atoms with Crippen molar-refractivity contribution in [2.24, 2.45) is 4.99 Å². The van der Waals surface area contributed by atoms with E-state index in [1.54, 1.807) is 4.31 Å². The van der Waals surface area contributed by atoms with Crippen LogP contribution in [0.4, 0.5) is 0 Å². The minimum atomic E-state index is -3.28. The van der Waals surface area contributed by atoms with E-state index in [-0.39, 0.29) is 18.5 Å². The lowest BCUT2D eigenvalue weighted by Crippen LogP contribution is -2.54.